The van der Waals surface area contributed by atoms with E-state index in [0.717, 1.165) is 57.3 Å². The summed E-state index contributed by atoms with van der Waals surface area (Å²) >= 11 is 0. The van der Waals surface area contributed by atoms with E-state index in [2.05, 4.69) is 17.0 Å². The molecule has 4 rings (SSSR count). The Morgan fingerprint density at radius 1 is 1.04 bits per heavy atom. The minimum absolute atomic E-state index is 0.0781. The first-order valence-corrected chi connectivity index (χ1v) is 8.77. The lowest BCUT2D eigenvalue weighted by Crippen LogP contribution is -2.50. The van der Waals surface area contributed by atoms with Crippen LogP contribution in [0.4, 0.5) is 0 Å². The second-order valence-electron chi connectivity index (χ2n) is 6.64. The summed E-state index contributed by atoms with van der Waals surface area (Å²) in [6, 6.07) is 6.16. The highest BCUT2D eigenvalue weighted by Gasteiger charge is 2.30. The standard InChI is InChI=1S/C18H24N2O4/c21-18(15-3-8-22-13-15)20-6-4-19(5-7-20)12-14-1-2-16-17(11-14)24-10-9-23-16/h1-2,11,15H,3-10,12-13H2. The van der Waals surface area contributed by atoms with Crippen LogP contribution < -0.4 is 9.47 Å². The number of benzene rings is 1. The number of fused-ring (bicyclic) bond motifs is 1. The van der Waals surface area contributed by atoms with Crippen LogP contribution >= 0.6 is 0 Å². The second-order valence-corrected chi connectivity index (χ2v) is 6.64. The molecule has 3 heterocycles. The second kappa shape index (κ2) is 6.99. The van der Waals surface area contributed by atoms with Crippen molar-refractivity contribution in [3.8, 4) is 11.5 Å². The van der Waals surface area contributed by atoms with E-state index in [-0.39, 0.29) is 11.8 Å². The van der Waals surface area contributed by atoms with E-state index in [1.165, 1.54) is 5.56 Å². The van der Waals surface area contributed by atoms with Crippen LogP contribution in [0, 0.1) is 5.92 Å². The number of piperazine rings is 1. The van der Waals surface area contributed by atoms with Gasteiger partial charge >= 0.3 is 0 Å². The Hall–Kier alpha value is -1.79. The van der Waals surface area contributed by atoms with E-state index in [1.807, 2.05) is 11.0 Å². The van der Waals surface area contributed by atoms with E-state index in [4.69, 9.17) is 14.2 Å². The molecule has 2 saturated heterocycles. The van der Waals surface area contributed by atoms with Gasteiger partial charge in [-0.3, -0.25) is 9.69 Å². The van der Waals surface area contributed by atoms with Gasteiger partial charge < -0.3 is 19.1 Å². The molecule has 3 aliphatic rings. The van der Waals surface area contributed by atoms with Gasteiger partial charge in [-0.15, -0.1) is 0 Å². The van der Waals surface area contributed by atoms with Crippen LogP contribution in [0.1, 0.15) is 12.0 Å². The van der Waals surface area contributed by atoms with Crippen LogP contribution in [0.25, 0.3) is 0 Å². The van der Waals surface area contributed by atoms with Crippen molar-refractivity contribution >= 4 is 5.91 Å². The van der Waals surface area contributed by atoms with Gasteiger partial charge in [-0.05, 0) is 24.1 Å². The van der Waals surface area contributed by atoms with Crippen molar-refractivity contribution in [3.05, 3.63) is 23.8 Å². The zero-order chi connectivity index (χ0) is 16.4. The Balaban J connectivity index is 1.30. The molecule has 24 heavy (non-hydrogen) atoms. The number of rotatable bonds is 3. The SMILES string of the molecule is O=C(C1CCOC1)N1CCN(Cc2ccc3c(c2)OCCO3)CC1. The van der Waals surface area contributed by atoms with Crippen molar-refractivity contribution in [3.63, 3.8) is 0 Å². The summed E-state index contributed by atoms with van der Waals surface area (Å²) in [6.07, 6.45) is 0.871. The minimum atomic E-state index is 0.0781. The number of ether oxygens (including phenoxy) is 3. The van der Waals surface area contributed by atoms with Gasteiger partial charge in [-0.25, -0.2) is 0 Å². The van der Waals surface area contributed by atoms with Crippen LogP contribution in [0.2, 0.25) is 0 Å². The zero-order valence-electron chi connectivity index (χ0n) is 13.9. The predicted octanol–water partition coefficient (Wildman–Crippen LogP) is 1.14. The largest absolute Gasteiger partial charge is 0.486 e. The average molecular weight is 332 g/mol. The summed E-state index contributed by atoms with van der Waals surface area (Å²) in [5.41, 5.74) is 1.23. The minimum Gasteiger partial charge on any atom is -0.486 e. The van der Waals surface area contributed by atoms with Gasteiger partial charge in [0.05, 0.1) is 12.5 Å². The number of carbonyl (C=O) groups is 1. The van der Waals surface area contributed by atoms with Gasteiger partial charge in [0.15, 0.2) is 11.5 Å². The third kappa shape index (κ3) is 3.35. The molecule has 2 fully saturated rings. The molecule has 0 aromatic heterocycles. The van der Waals surface area contributed by atoms with Gasteiger partial charge in [-0.2, -0.15) is 0 Å². The van der Waals surface area contributed by atoms with E-state index >= 15 is 0 Å². The molecule has 1 amide bonds. The average Bonchev–Trinajstić information content (AvgIpc) is 3.16. The number of hydrogen-bond donors (Lipinski definition) is 0. The first-order chi connectivity index (χ1) is 11.8. The molecule has 0 N–H and O–H groups in total. The number of nitrogens with zero attached hydrogens (tertiary/aromatic N) is 2. The molecule has 3 aliphatic heterocycles. The van der Waals surface area contributed by atoms with Crippen molar-refractivity contribution in [2.24, 2.45) is 5.92 Å². The quantitative estimate of drug-likeness (QED) is 0.831. The smallest absolute Gasteiger partial charge is 0.228 e. The van der Waals surface area contributed by atoms with Gasteiger partial charge in [-0.1, -0.05) is 6.07 Å². The topological polar surface area (TPSA) is 51.2 Å². The highest BCUT2D eigenvalue weighted by atomic mass is 16.6. The third-order valence-electron chi connectivity index (χ3n) is 4.98. The summed E-state index contributed by atoms with van der Waals surface area (Å²) in [7, 11) is 0. The van der Waals surface area contributed by atoms with E-state index < -0.39 is 0 Å². The molecule has 0 spiro atoms. The molecule has 0 aliphatic carbocycles. The fourth-order valence-electron chi connectivity index (χ4n) is 3.56. The maximum absolute atomic E-state index is 12.4. The Labute approximate surface area is 142 Å². The zero-order valence-corrected chi connectivity index (χ0v) is 13.9. The summed E-state index contributed by atoms with van der Waals surface area (Å²) in [5, 5.41) is 0. The summed E-state index contributed by atoms with van der Waals surface area (Å²) in [5.74, 6) is 2.02. The molecule has 0 bridgehead atoms. The molecule has 0 saturated carbocycles. The monoisotopic (exact) mass is 332 g/mol. The van der Waals surface area contributed by atoms with Crippen molar-refractivity contribution in [1.82, 2.24) is 9.80 Å². The molecular weight excluding hydrogens is 308 g/mol. The number of carbonyl (C=O) groups excluding carboxylic acids is 1. The molecule has 1 aromatic rings. The number of hydrogen-bond acceptors (Lipinski definition) is 5. The fraction of sp³-hybridized carbons (Fsp3) is 0.611. The molecule has 1 unspecified atom stereocenters. The summed E-state index contributed by atoms with van der Waals surface area (Å²) in [4.78, 5) is 16.8. The Kier molecular flexibility index (Phi) is 4.58. The van der Waals surface area contributed by atoms with Gasteiger partial charge in [0.25, 0.3) is 0 Å². The van der Waals surface area contributed by atoms with E-state index in [9.17, 15) is 4.79 Å². The normalized spacial score (nSPS) is 24.2. The number of amides is 1. The highest BCUT2D eigenvalue weighted by Crippen LogP contribution is 2.31. The van der Waals surface area contributed by atoms with Gasteiger partial charge in [0.2, 0.25) is 5.91 Å². The first-order valence-electron chi connectivity index (χ1n) is 8.77. The van der Waals surface area contributed by atoms with Crippen molar-refractivity contribution in [1.29, 1.82) is 0 Å². The lowest BCUT2D eigenvalue weighted by atomic mass is 10.1. The lowest BCUT2D eigenvalue weighted by molar-refractivity contribution is -0.137. The van der Waals surface area contributed by atoms with Gasteiger partial charge in [0, 0.05) is 39.3 Å². The van der Waals surface area contributed by atoms with Crippen LogP contribution in [0.5, 0.6) is 11.5 Å². The molecule has 1 atom stereocenters. The van der Waals surface area contributed by atoms with E-state index in [0.29, 0.717) is 19.8 Å². The molecule has 130 valence electrons. The predicted molar refractivity (Wildman–Crippen MR) is 88.2 cm³/mol. The molecule has 6 nitrogen and oxygen atoms in total. The molecular formula is C18H24N2O4. The van der Waals surface area contributed by atoms with Crippen molar-refractivity contribution in [2.75, 3.05) is 52.6 Å². The Morgan fingerprint density at radius 2 is 1.83 bits per heavy atom. The van der Waals surface area contributed by atoms with Gasteiger partial charge in [0.1, 0.15) is 13.2 Å². The molecule has 6 heteroatoms. The first kappa shape index (κ1) is 15.7. The van der Waals surface area contributed by atoms with Crippen molar-refractivity contribution in [2.45, 2.75) is 13.0 Å². The Morgan fingerprint density at radius 3 is 2.58 bits per heavy atom. The molecule has 0 radical (unpaired) electrons. The van der Waals surface area contributed by atoms with Crippen LogP contribution in [-0.2, 0) is 16.1 Å². The summed E-state index contributed by atoms with van der Waals surface area (Å²) < 4.78 is 16.5. The maximum Gasteiger partial charge on any atom is 0.228 e. The third-order valence-corrected chi connectivity index (χ3v) is 4.98. The van der Waals surface area contributed by atoms with Crippen LogP contribution in [-0.4, -0.2) is 68.3 Å². The highest BCUT2D eigenvalue weighted by molar-refractivity contribution is 5.79. The Bertz CT molecular complexity index is 593. The van der Waals surface area contributed by atoms with Crippen LogP contribution in [0.3, 0.4) is 0 Å². The maximum atomic E-state index is 12.4. The van der Waals surface area contributed by atoms with Crippen LogP contribution in [0.15, 0.2) is 18.2 Å². The molecule has 1 aromatic carbocycles. The van der Waals surface area contributed by atoms with Crippen molar-refractivity contribution < 1.29 is 19.0 Å². The van der Waals surface area contributed by atoms with E-state index in [1.54, 1.807) is 0 Å². The fourth-order valence-corrected chi connectivity index (χ4v) is 3.56. The summed E-state index contributed by atoms with van der Waals surface area (Å²) in [6.45, 7) is 6.86. The lowest BCUT2D eigenvalue weighted by Gasteiger charge is -2.36.